The van der Waals surface area contributed by atoms with Crippen LogP contribution in [0.25, 0.3) is 0 Å². The third-order valence-electron chi connectivity index (χ3n) is 5.54. The molecule has 3 aliphatic rings. The van der Waals surface area contributed by atoms with Crippen molar-refractivity contribution in [2.45, 2.75) is 38.3 Å². The largest absolute Gasteiger partial charge is 0.466 e. The molecule has 11 heteroatoms. The van der Waals surface area contributed by atoms with Gasteiger partial charge in [-0.25, -0.2) is 5.43 Å². The lowest BCUT2D eigenvalue weighted by Gasteiger charge is -2.44. The standard InChI is InChI=1S/C17H27N7O3S/c1-3-27-13(25)12-6-4-5-7-17(12)19-14-18-15(23-8-10-26-11-9-23)20-24(14)16(28)22(2)21-17/h12,21H,3-11H2,1-2H3,(H,18,19,20). The Kier molecular flexibility index (Phi) is 5.39. The number of nitrogens with one attached hydrogen (secondary N) is 2. The minimum Gasteiger partial charge on any atom is -0.466 e. The molecule has 2 fully saturated rings. The predicted molar refractivity (Wildman–Crippen MR) is 107 cm³/mol. The van der Waals surface area contributed by atoms with Crippen LogP contribution in [0.3, 0.4) is 0 Å². The van der Waals surface area contributed by atoms with E-state index in [1.165, 1.54) is 0 Å². The Hall–Kier alpha value is -1.98. The first-order valence-corrected chi connectivity index (χ1v) is 10.3. The summed E-state index contributed by atoms with van der Waals surface area (Å²) in [4.78, 5) is 19.5. The quantitative estimate of drug-likeness (QED) is 0.544. The van der Waals surface area contributed by atoms with Crippen molar-refractivity contribution in [2.75, 3.05) is 50.2 Å². The SMILES string of the molecule is CCOC(=O)C1CCCCC12Nc1nc(N3CCOCC3)nn1C(=S)N(C)N2. The first-order valence-electron chi connectivity index (χ1n) is 9.84. The number of rotatable bonds is 3. The minimum absolute atomic E-state index is 0.206. The molecule has 2 unspecified atom stereocenters. The smallest absolute Gasteiger partial charge is 0.312 e. The normalized spacial score (nSPS) is 27.9. The van der Waals surface area contributed by atoms with E-state index in [9.17, 15) is 4.79 Å². The summed E-state index contributed by atoms with van der Waals surface area (Å²) in [5.74, 6) is 0.603. The summed E-state index contributed by atoms with van der Waals surface area (Å²) in [6.45, 7) is 4.96. The van der Waals surface area contributed by atoms with E-state index in [0.29, 0.717) is 36.8 Å². The summed E-state index contributed by atoms with van der Waals surface area (Å²) in [5.41, 5.74) is 2.70. The number of fused-ring (bicyclic) bond motifs is 1. The minimum atomic E-state index is -0.715. The number of thiocarbonyl (C=S) groups is 1. The van der Waals surface area contributed by atoms with Gasteiger partial charge in [0, 0.05) is 20.1 Å². The molecule has 3 heterocycles. The van der Waals surface area contributed by atoms with Crippen LogP contribution in [-0.4, -0.2) is 76.5 Å². The molecule has 1 spiro atoms. The molecule has 0 bridgehead atoms. The highest BCUT2D eigenvalue weighted by Crippen LogP contribution is 2.37. The molecular formula is C17H27N7O3S. The molecular weight excluding hydrogens is 382 g/mol. The van der Waals surface area contributed by atoms with Gasteiger partial charge >= 0.3 is 5.97 Å². The molecule has 2 atom stereocenters. The van der Waals surface area contributed by atoms with Gasteiger partial charge in [-0.1, -0.05) is 6.42 Å². The Balaban J connectivity index is 1.69. The molecule has 0 amide bonds. The van der Waals surface area contributed by atoms with Crippen molar-refractivity contribution in [1.29, 1.82) is 0 Å². The van der Waals surface area contributed by atoms with E-state index in [1.807, 2.05) is 14.0 Å². The lowest BCUT2D eigenvalue weighted by molar-refractivity contribution is -0.153. The van der Waals surface area contributed by atoms with E-state index in [4.69, 9.17) is 26.7 Å². The average molecular weight is 410 g/mol. The highest BCUT2D eigenvalue weighted by molar-refractivity contribution is 7.80. The summed E-state index contributed by atoms with van der Waals surface area (Å²) in [6, 6.07) is 0. The van der Waals surface area contributed by atoms with Crippen LogP contribution < -0.4 is 15.6 Å². The Labute approximate surface area is 169 Å². The molecule has 154 valence electrons. The van der Waals surface area contributed by atoms with Gasteiger partial charge in [0.05, 0.1) is 25.7 Å². The van der Waals surface area contributed by atoms with Gasteiger partial charge in [0.1, 0.15) is 5.66 Å². The molecule has 1 saturated carbocycles. The fraction of sp³-hybridized carbons (Fsp3) is 0.765. The molecule has 10 nitrogen and oxygen atoms in total. The van der Waals surface area contributed by atoms with Gasteiger partial charge in [-0.05, 0) is 38.4 Å². The van der Waals surface area contributed by atoms with E-state index in [-0.39, 0.29) is 11.9 Å². The number of hydrazine groups is 1. The van der Waals surface area contributed by atoms with Crippen LogP contribution in [0.15, 0.2) is 0 Å². The summed E-state index contributed by atoms with van der Waals surface area (Å²) >= 11 is 5.62. The molecule has 4 rings (SSSR count). The Morgan fingerprint density at radius 2 is 2.18 bits per heavy atom. The van der Waals surface area contributed by atoms with Gasteiger partial charge in [0.2, 0.25) is 17.0 Å². The summed E-state index contributed by atoms with van der Waals surface area (Å²) in [5, 5.41) is 10.3. The second kappa shape index (κ2) is 7.80. The number of esters is 1. The van der Waals surface area contributed by atoms with Crippen molar-refractivity contribution >= 4 is 35.2 Å². The first-order chi connectivity index (χ1) is 13.5. The van der Waals surface area contributed by atoms with Gasteiger partial charge in [-0.2, -0.15) is 9.67 Å². The summed E-state index contributed by atoms with van der Waals surface area (Å²) < 4.78 is 12.4. The van der Waals surface area contributed by atoms with Crippen LogP contribution in [-0.2, 0) is 14.3 Å². The van der Waals surface area contributed by atoms with Gasteiger partial charge in [-0.3, -0.25) is 9.80 Å². The number of morpholine rings is 1. The third kappa shape index (κ3) is 3.42. The molecule has 1 saturated heterocycles. The van der Waals surface area contributed by atoms with Crippen molar-refractivity contribution in [2.24, 2.45) is 5.92 Å². The van der Waals surface area contributed by atoms with Crippen LogP contribution in [0.4, 0.5) is 11.9 Å². The second-order valence-electron chi connectivity index (χ2n) is 7.35. The maximum Gasteiger partial charge on any atom is 0.312 e. The van der Waals surface area contributed by atoms with Crippen molar-refractivity contribution < 1.29 is 14.3 Å². The molecule has 0 aromatic carbocycles. The number of aromatic nitrogens is 3. The maximum absolute atomic E-state index is 12.7. The summed E-state index contributed by atoms with van der Waals surface area (Å²) in [6.07, 6.45) is 3.46. The Bertz CT molecular complexity index is 751. The second-order valence-corrected chi connectivity index (χ2v) is 7.71. The Morgan fingerprint density at radius 1 is 1.39 bits per heavy atom. The van der Waals surface area contributed by atoms with Crippen LogP contribution in [0.1, 0.15) is 32.6 Å². The Morgan fingerprint density at radius 3 is 2.93 bits per heavy atom. The zero-order chi connectivity index (χ0) is 19.7. The van der Waals surface area contributed by atoms with Crippen molar-refractivity contribution in [3.05, 3.63) is 0 Å². The lowest BCUT2D eigenvalue weighted by atomic mass is 9.79. The van der Waals surface area contributed by atoms with Crippen LogP contribution >= 0.6 is 12.2 Å². The number of anilines is 2. The molecule has 1 aliphatic carbocycles. The number of ether oxygens (including phenoxy) is 2. The highest BCUT2D eigenvalue weighted by atomic mass is 32.1. The van der Waals surface area contributed by atoms with Crippen LogP contribution in [0.2, 0.25) is 0 Å². The first kappa shape index (κ1) is 19.3. The maximum atomic E-state index is 12.7. The molecule has 2 aliphatic heterocycles. The van der Waals surface area contributed by atoms with E-state index in [0.717, 1.165) is 38.8 Å². The van der Waals surface area contributed by atoms with Gasteiger partial charge < -0.3 is 19.7 Å². The number of carbonyl (C=O) groups is 1. The molecule has 2 N–H and O–H groups in total. The number of carbonyl (C=O) groups excluding carboxylic acids is 1. The van der Waals surface area contributed by atoms with E-state index in [1.54, 1.807) is 9.69 Å². The van der Waals surface area contributed by atoms with Gasteiger partial charge in [0.25, 0.3) is 0 Å². The molecule has 28 heavy (non-hydrogen) atoms. The van der Waals surface area contributed by atoms with Gasteiger partial charge in [-0.15, -0.1) is 5.10 Å². The highest BCUT2D eigenvalue weighted by Gasteiger charge is 2.49. The van der Waals surface area contributed by atoms with Crippen LogP contribution in [0.5, 0.6) is 0 Å². The molecule has 0 radical (unpaired) electrons. The fourth-order valence-electron chi connectivity index (χ4n) is 4.15. The molecule has 1 aromatic rings. The lowest BCUT2D eigenvalue weighted by Crippen LogP contribution is -2.64. The number of hydrogen-bond acceptors (Lipinski definition) is 9. The summed E-state index contributed by atoms with van der Waals surface area (Å²) in [7, 11) is 1.84. The number of nitrogens with zero attached hydrogens (tertiary/aromatic N) is 5. The zero-order valence-electron chi connectivity index (χ0n) is 16.3. The predicted octanol–water partition coefficient (Wildman–Crippen LogP) is 0.559. The van der Waals surface area contributed by atoms with Crippen molar-refractivity contribution in [3.63, 3.8) is 0 Å². The van der Waals surface area contributed by atoms with Gasteiger partial charge in [0.15, 0.2) is 0 Å². The average Bonchev–Trinajstić information content (AvgIpc) is 3.08. The third-order valence-corrected chi connectivity index (χ3v) is 5.99. The zero-order valence-corrected chi connectivity index (χ0v) is 17.1. The van der Waals surface area contributed by atoms with E-state index in [2.05, 4.69) is 20.7 Å². The molecule has 1 aromatic heterocycles. The van der Waals surface area contributed by atoms with Crippen molar-refractivity contribution in [1.82, 2.24) is 25.2 Å². The fourth-order valence-corrected chi connectivity index (χ4v) is 4.32. The monoisotopic (exact) mass is 409 g/mol. The van der Waals surface area contributed by atoms with Crippen LogP contribution in [0, 0.1) is 5.92 Å². The van der Waals surface area contributed by atoms with Crippen molar-refractivity contribution in [3.8, 4) is 0 Å². The van der Waals surface area contributed by atoms with E-state index < -0.39 is 5.66 Å². The van der Waals surface area contributed by atoms with E-state index >= 15 is 0 Å². The number of hydrogen-bond donors (Lipinski definition) is 2. The topological polar surface area (TPSA) is 96.8 Å².